The zero-order valence-electron chi connectivity index (χ0n) is 11.9. The second-order valence-corrected chi connectivity index (χ2v) is 5.23. The molecule has 1 fully saturated rings. The van der Waals surface area contributed by atoms with Crippen LogP contribution in [-0.4, -0.2) is 22.4 Å². The number of carbonyl (C=O) groups is 2. The number of nitrogens with one attached hydrogen (secondary N) is 1. The topological polar surface area (TPSA) is 73.2 Å². The van der Waals surface area contributed by atoms with Crippen LogP contribution < -0.4 is 5.32 Å². The van der Waals surface area contributed by atoms with Crippen molar-refractivity contribution in [3.05, 3.63) is 34.9 Å². The van der Waals surface area contributed by atoms with Crippen molar-refractivity contribution in [1.29, 1.82) is 5.26 Å². The van der Waals surface area contributed by atoms with Gasteiger partial charge in [-0.1, -0.05) is 13.0 Å². The van der Waals surface area contributed by atoms with Gasteiger partial charge in [0.05, 0.1) is 11.6 Å². The Kier molecular flexibility index (Phi) is 3.49. The highest BCUT2D eigenvalue weighted by molar-refractivity contribution is 6.06. The fourth-order valence-electron chi connectivity index (χ4n) is 2.36. The Hall–Kier alpha value is -2.35. The first kappa shape index (κ1) is 14.1. The van der Waals surface area contributed by atoms with Gasteiger partial charge < -0.3 is 4.90 Å². The molecular formula is C15H17N3O2. The Labute approximate surface area is 118 Å². The number of rotatable bonds is 3. The van der Waals surface area contributed by atoms with Gasteiger partial charge in [0.25, 0.3) is 5.91 Å². The Morgan fingerprint density at radius 2 is 2.10 bits per heavy atom. The molecule has 0 saturated carbocycles. The van der Waals surface area contributed by atoms with Gasteiger partial charge in [0.1, 0.15) is 5.54 Å². The highest BCUT2D eigenvalue weighted by atomic mass is 16.2. The SMILES string of the molecule is CCC1(C)C(=O)NC(=O)N1Cc1ccc(C#N)cc1C. The number of urea groups is 1. The molecule has 20 heavy (non-hydrogen) atoms. The average molecular weight is 271 g/mol. The van der Waals surface area contributed by atoms with Crippen molar-refractivity contribution in [3.63, 3.8) is 0 Å². The summed E-state index contributed by atoms with van der Waals surface area (Å²) in [6.45, 7) is 5.91. The van der Waals surface area contributed by atoms with Crippen molar-refractivity contribution in [2.24, 2.45) is 0 Å². The summed E-state index contributed by atoms with van der Waals surface area (Å²) < 4.78 is 0. The number of imide groups is 1. The third-order valence-corrected chi connectivity index (χ3v) is 4.04. The number of hydrogen-bond acceptors (Lipinski definition) is 3. The molecule has 1 aliphatic rings. The van der Waals surface area contributed by atoms with Crippen LogP contribution in [0.25, 0.3) is 0 Å². The van der Waals surface area contributed by atoms with Crippen LogP contribution in [0.15, 0.2) is 18.2 Å². The lowest BCUT2D eigenvalue weighted by atomic mass is 9.96. The first-order valence-corrected chi connectivity index (χ1v) is 6.55. The largest absolute Gasteiger partial charge is 0.325 e. The number of hydrogen-bond donors (Lipinski definition) is 1. The normalized spacial score (nSPS) is 21.8. The van der Waals surface area contributed by atoms with Crippen LogP contribution in [0.3, 0.4) is 0 Å². The molecule has 1 unspecified atom stereocenters. The van der Waals surface area contributed by atoms with Crippen molar-refractivity contribution in [2.75, 3.05) is 0 Å². The Balaban J connectivity index is 2.32. The number of nitrogens with zero attached hydrogens (tertiary/aromatic N) is 2. The minimum atomic E-state index is -0.808. The van der Waals surface area contributed by atoms with E-state index in [1.807, 2.05) is 19.9 Å². The molecule has 1 heterocycles. The van der Waals surface area contributed by atoms with E-state index in [4.69, 9.17) is 5.26 Å². The summed E-state index contributed by atoms with van der Waals surface area (Å²) >= 11 is 0. The van der Waals surface area contributed by atoms with Gasteiger partial charge in [-0.2, -0.15) is 5.26 Å². The molecule has 1 aromatic rings. The van der Waals surface area contributed by atoms with E-state index in [1.54, 1.807) is 24.0 Å². The Morgan fingerprint density at radius 3 is 2.65 bits per heavy atom. The van der Waals surface area contributed by atoms with E-state index in [0.717, 1.165) is 11.1 Å². The predicted octanol–water partition coefficient (Wildman–Crippen LogP) is 2.09. The lowest BCUT2D eigenvalue weighted by Gasteiger charge is -2.31. The van der Waals surface area contributed by atoms with Crippen molar-refractivity contribution in [1.82, 2.24) is 10.2 Å². The molecule has 104 valence electrons. The summed E-state index contributed by atoms with van der Waals surface area (Å²) in [6, 6.07) is 7.07. The van der Waals surface area contributed by atoms with Gasteiger partial charge in [0.2, 0.25) is 0 Å². The molecule has 2 rings (SSSR count). The minimum Gasteiger partial charge on any atom is -0.306 e. The van der Waals surface area contributed by atoms with Gasteiger partial charge in [0.15, 0.2) is 0 Å². The molecule has 1 aliphatic heterocycles. The smallest absolute Gasteiger partial charge is 0.306 e. The maximum absolute atomic E-state index is 11.9. The van der Waals surface area contributed by atoms with Crippen LogP contribution in [0.1, 0.15) is 37.0 Å². The summed E-state index contributed by atoms with van der Waals surface area (Å²) in [4.78, 5) is 25.4. The van der Waals surface area contributed by atoms with E-state index in [0.29, 0.717) is 18.5 Å². The molecule has 0 radical (unpaired) electrons. The van der Waals surface area contributed by atoms with Crippen molar-refractivity contribution >= 4 is 11.9 Å². The fourth-order valence-corrected chi connectivity index (χ4v) is 2.36. The fraction of sp³-hybridized carbons (Fsp3) is 0.400. The van der Waals surface area contributed by atoms with Crippen LogP contribution in [0.4, 0.5) is 4.79 Å². The van der Waals surface area contributed by atoms with E-state index in [2.05, 4.69) is 11.4 Å². The maximum atomic E-state index is 11.9. The number of benzene rings is 1. The van der Waals surface area contributed by atoms with Crippen LogP contribution >= 0.6 is 0 Å². The Bertz CT molecular complexity index is 618. The van der Waals surface area contributed by atoms with Crippen molar-refractivity contribution < 1.29 is 9.59 Å². The molecule has 5 nitrogen and oxygen atoms in total. The van der Waals surface area contributed by atoms with E-state index in [9.17, 15) is 9.59 Å². The van der Waals surface area contributed by atoms with E-state index >= 15 is 0 Å². The standard InChI is InChI=1S/C15H17N3O2/c1-4-15(3)13(19)17-14(20)18(15)9-12-6-5-11(8-16)7-10(12)2/h5-7H,4,9H2,1-3H3,(H,17,19,20). The molecule has 3 amide bonds. The average Bonchev–Trinajstić information content (AvgIpc) is 2.64. The predicted molar refractivity (Wildman–Crippen MR) is 73.7 cm³/mol. The van der Waals surface area contributed by atoms with Gasteiger partial charge in [-0.15, -0.1) is 0 Å². The molecule has 0 spiro atoms. The number of aryl methyl sites for hydroxylation is 1. The summed E-state index contributed by atoms with van der Waals surface area (Å²) in [5.74, 6) is -0.253. The minimum absolute atomic E-state index is 0.253. The lowest BCUT2D eigenvalue weighted by molar-refractivity contribution is -0.126. The van der Waals surface area contributed by atoms with Crippen molar-refractivity contribution in [2.45, 2.75) is 39.3 Å². The molecular weight excluding hydrogens is 254 g/mol. The first-order chi connectivity index (χ1) is 9.42. The van der Waals surface area contributed by atoms with Gasteiger partial charge in [-0.25, -0.2) is 4.79 Å². The molecule has 0 bridgehead atoms. The first-order valence-electron chi connectivity index (χ1n) is 6.55. The Morgan fingerprint density at radius 1 is 1.40 bits per heavy atom. The molecule has 1 atom stereocenters. The van der Waals surface area contributed by atoms with Gasteiger partial charge in [-0.3, -0.25) is 10.1 Å². The summed E-state index contributed by atoms with van der Waals surface area (Å²) in [5, 5.41) is 11.2. The second kappa shape index (κ2) is 4.97. The maximum Gasteiger partial charge on any atom is 0.325 e. The van der Waals surface area contributed by atoms with Gasteiger partial charge >= 0.3 is 6.03 Å². The highest BCUT2D eigenvalue weighted by Crippen LogP contribution is 2.28. The number of amides is 3. The van der Waals surface area contributed by atoms with Crippen LogP contribution in [-0.2, 0) is 11.3 Å². The third-order valence-electron chi connectivity index (χ3n) is 4.04. The summed E-state index contributed by atoms with van der Waals surface area (Å²) in [7, 11) is 0. The van der Waals surface area contributed by atoms with E-state index < -0.39 is 5.54 Å². The van der Waals surface area contributed by atoms with Crippen LogP contribution in [0.2, 0.25) is 0 Å². The third kappa shape index (κ3) is 2.14. The molecule has 0 aromatic heterocycles. The zero-order chi connectivity index (χ0) is 14.9. The quantitative estimate of drug-likeness (QED) is 0.855. The molecule has 1 N–H and O–H groups in total. The van der Waals surface area contributed by atoms with Gasteiger partial charge in [-0.05, 0) is 43.5 Å². The summed E-state index contributed by atoms with van der Waals surface area (Å²) in [6.07, 6.45) is 0.555. The van der Waals surface area contributed by atoms with Gasteiger partial charge in [0, 0.05) is 6.54 Å². The monoisotopic (exact) mass is 271 g/mol. The van der Waals surface area contributed by atoms with Crippen LogP contribution in [0, 0.1) is 18.3 Å². The van der Waals surface area contributed by atoms with Crippen LogP contribution in [0.5, 0.6) is 0 Å². The second-order valence-electron chi connectivity index (χ2n) is 5.23. The number of nitriles is 1. The zero-order valence-corrected chi connectivity index (χ0v) is 11.9. The molecule has 0 aliphatic carbocycles. The lowest BCUT2D eigenvalue weighted by Crippen LogP contribution is -2.46. The van der Waals surface area contributed by atoms with E-state index in [-0.39, 0.29) is 11.9 Å². The van der Waals surface area contributed by atoms with Crippen molar-refractivity contribution in [3.8, 4) is 6.07 Å². The molecule has 1 aromatic carbocycles. The van der Waals surface area contributed by atoms with E-state index in [1.165, 1.54) is 0 Å². The number of carbonyl (C=O) groups excluding carboxylic acids is 2. The summed E-state index contributed by atoms with van der Waals surface area (Å²) in [5.41, 5.74) is 1.66. The molecule has 5 heteroatoms. The highest BCUT2D eigenvalue weighted by Gasteiger charge is 2.47. The molecule has 1 saturated heterocycles.